The van der Waals surface area contributed by atoms with Gasteiger partial charge in [0.25, 0.3) is 0 Å². The van der Waals surface area contributed by atoms with E-state index in [-0.39, 0.29) is 17.9 Å². The molecule has 0 unspecified atom stereocenters. The van der Waals surface area contributed by atoms with Gasteiger partial charge in [-0.25, -0.2) is 5.90 Å². The van der Waals surface area contributed by atoms with E-state index < -0.39 is 25.0 Å². The highest BCUT2D eigenvalue weighted by molar-refractivity contribution is 8.14. The monoisotopic (exact) mass is 279 g/mol. The molecule has 0 aliphatic carbocycles. The number of hydrogen-bond donors (Lipinski definition) is 2. The molecule has 2 heterocycles. The number of fused-ring (bicyclic) bond motifs is 1. The molecule has 0 aromatic heterocycles. The fourth-order valence-corrected chi connectivity index (χ4v) is 3.28. The van der Waals surface area contributed by atoms with E-state index in [1.165, 1.54) is 11.8 Å². The van der Waals surface area contributed by atoms with Gasteiger partial charge in [0.1, 0.15) is 23.7 Å². The van der Waals surface area contributed by atoms with E-state index in [0.29, 0.717) is 0 Å². The highest BCUT2D eigenvalue weighted by Gasteiger charge is 2.49. The van der Waals surface area contributed by atoms with Crippen molar-refractivity contribution in [2.45, 2.75) is 36.2 Å². The fourth-order valence-electron chi connectivity index (χ4n) is 2.12. The van der Waals surface area contributed by atoms with Crippen molar-refractivity contribution < 1.29 is 19.1 Å². The molecule has 1 fully saturated rings. The number of aliphatic imine (C=N–C) groups is 1. The lowest BCUT2D eigenvalue weighted by Gasteiger charge is -2.39. The number of aliphatic hydroxyl groups is 1. The Kier molecular flexibility index (Phi) is 4.44. The van der Waals surface area contributed by atoms with Crippen molar-refractivity contribution in [2.75, 3.05) is 20.8 Å². The molecule has 0 saturated carbocycles. The molecule has 6 nitrogen and oxygen atoms in total. The minimum Gasteiger partial charge on any atom is -0.388 e. The largest absolute Gasteiger partial charge is 0.388 e. The van der Waals surface area contributed by atoms with Crippen LogP contribution in [0.2, 0.25) is 0 Å². The number of nitrogens with two attached hydrogens (primary N) is 1. The smallest absolute Gasteiger partial charge is 0.161 e. The summed E-state index contributed by atoms with van der Waals surface area (Å²) >= 11 is 1.44. The Morgan fingerprint density at radius 3 is 2.89 bits per heavy atom. The Morgan fingerprint density at radius 1 is 1.61 bits per heavy atom. The Labute approximate surface area is 109 Å². The highest BCUT2D eigenvalue weighted by Crippen LogP contribution is 2.38. The van der Waals surface area contributed by atoms with E-state index in [4.69, 9.17) is 15.5 Å². The Hall–Kier alpha value is -0.410. The summed E-state index contributed by atoms with van der Waals surface area (Å²) in [6.45, 7) is -0.553. The van der Waals surface area contributed by atoms with Crippen molar-refractivity contribution in [1.82, 2.24) is 4.90 Å². The van der Waals surface area contributed by atoms with E-state index >= 15 is 0 Å². The van der Waals surface area contributed by atoms with E-state index in [1.807, 2.05) is 19.0 Å². The Balaban J connectivity index is 2.15. The summed E-state index contributed by atoms with van der Waals surface area (Å²) < 4.78 is 18.1. The van der Waals surface area contributed by atoms with Gasteiger partial charge < -0.3 is 14.7 Å². The number of alkyl halides is 1. The predicted molar refractivity (Wildman–Crippen MR) is 66.8 cm³/mol. The van der Waals surface area contributed by atoms with Gasteiger partial charge in [0.05, 0.1) is 12.8 Å². The fraction of sp³-hybridized carbons (Fsp3) is 0.900. The van der Waals surface area contributed by atoms with Crippen LogP contribution in [-0.4, -0.2) is 65.7 Å². The maximum Gasteiger partial charge on any atom is 0.161 e. The Morgan fingerprint density at radius 2 is 2.33 bits per heavy atom. The van der Waals surface area contributed by atoms with Crippen LogP contribution in [0.15, 0.2) is 4.99 Å². The standard InChI is InChI=1S/C10H18FN3O3S/c1-14(2)10-13-6-8(17-12)7(15)5(3-4-11)16-9(6)18-10/h5-9,15H,3-4,12H2,1-2H3/t5-,6-,7-,8-,9-/m1/s1. The van der Waals surface area contributed by atoms with Gasteiger partial charge in [0.2, 0.25) is 0 Å². The molecule has 104 valence electrons. The van der Waals surface area contributed by atoms with Crippen LogP contribution in [-0.2, 0) is 9.57 Å². The zero-order chi connectivity index (χ0) is 13.3. The summed E-state index contributed by atoms with van der Waals surface area (Å²) in [6, 6.07) is -0.358. The van der Waals surface area contributed by atoms with Gasteiger partial charge >= 0.3 is 0 Å². The number of rotatable bonds is 3. The van der Waals surface area contributed by atoms with Crippen molar-refractivity contribution in [1.29, 1.82) is 0 Å². The first-order valence-electron chi connectivity index (χ1n) is 5.75. The molecule has 0 aromatic carbocycles. The van der Waals surface area contributed by atoms with Crippen LogP contribution in [0.5, 0.6) is 0 Å². The second-order valence-corrected chi connectivity index (χ2v) is 5.59. The van der Waals surface area contributed by atoms with Crippen molar-refractivity contribution in [3.05, 3.63) is 0 Å². The lowest BCUT2D eigenvalue weighted by molar-refractivity contribution is -0.174. The van der Waals surface area contributed by atoms with Crippen LogP contribution in [0, 0.1) is 0 Å². The average molecular weight is 279 g/mol. The number of halogens is 1. The molecule has 0 spiro atoms. The third-order valence-corrected chi connectivity index (χ3v) is 4.36. The van der Waals surface area contributed by atoms with Crippen LogP contribution in [0.1, 0.15) is 6.42 Å². The molecule has 8 heteroatoms. The predicted octanol–water partition coefficient (Wildman–Crippen LogP) is -0.276. The Bertz CT molecular complexity index is 331. The van der Waals surface area contributed by atoms with Gasteiger partial charge in [-0.15, -0.1) is 0 Å². The molecule has 0 amide bonds. The number of ether oxygens (including phenoxy) is 1. The molecule has 0 aromatic rings. The summed E-state index contributed by atoms with van der Waals surface area (Å²) in [6.07, 6.45) is -2.10. The van der Waals surface area contributed by atoms with Gasteiger partial charge in [-0.1, -0.05) is 11.8 Å². The summed E-state index contributed by atoms with van der Waals surface area (Å²) in [4.78, 5) is 11.1. The molecule has 2 aliphatic rings. The molecule has 5 atom stereocenters. The molecule has 18 heavy (non-hydrogen) atoms. The number of nitrogens with zero attached hydrogens (tertiary/aromatic N) is 2. The molecule has 1 saturated heterocycles. The number of amidine groups is 1. The molecule has 2 rings (SSSR count). The van der Waals surface area contributed by atoms with Crippen molar-refractivity contribution in [2.24, 2.45) is 10.9 Å². The lowest BCUT2D eigenvalue weighted by Crippen LogP contribution is -2.56. The third-order valence-electron chi connectivity index (χ3n) is 3.06. The van der Waals surface area contributed by atoms with Gasteiger partial charge in [0, 0.05) is 20.5 Å². The topological polar surface area (TPSA) is 80.3 Å². The van der Waals surface area contributed by atoms with Crippen molar-refractivity contribution >= 4 is 16.9 Å². The molecule has 3 N–H and O–H groups in total. The minimum atomic E-state index is -0.960. The van der Waals surface area contributed by atoms with E-state index in [0.717, 1.165) is 5.17 Å². The van der Waals surface area contributed by atoms with E-state index in [2.05, 4.69) is 4.99 Å². The molecule has 2 aliphatic heterocycles. The average Bonchev–Trinajstić information content (AvgIpc) is 2.74. The zero-order valence-corrected chi connectivity index (χ0v) is 11.1. The normalized spacial score (nSPS) is 39.4. The van der Waals surface area contributed by atoms with Gasteiger partial charge in [0.15, 0.2) is 5.17 Å². The van der Waals surface area contributed by atoms with Crippen molar-refractivity contribution in [3.8, 4) is 0 Å². The van der Waals surface area contributed by atoms with Crippen LogP contribution in [0.4, 0.5) is 4.39 Å². The molecular formula is C10H18FN3O3S. The summed E-state index contributed by atoms with van der Waals surface area (Å²) in [7, 11) is 3.74. The van der Waals surface area contributed by atoms with Crippen molar-refractivity contribution in [3.63, 3.8) is 0 Å². The van der Waals surface area contributed by atoms with Gasteiger partial charge in [-0.3, -0.25) is 14.2 Å². The first-order valence-corrected chi connectivity index (χ1v) is 6.63. The molecular weight excluding hydrogens is 261 g/mol. The van der Waals surface area contributed by atoms with Crippen LogP contribution < -0.4 is 5.90 Å². The van der Waals surface area contributed by atoms with Crippen LogP contribution in [0.3, 0.4) is 0 Å². The summed E-state index contributed by atoms with van der Waals surface area (Å²) in [5.74, 6) is 5.23. The maximum absolute atomic E-state index is 12.4. The maximum atomic E-state index is 12.4. The number of aliphatic hydroxyl groups excluding tert-OH is 1. The highest BCUT2D eigenvalue weighted by atomic mass is 32.2. The van der Waals surface area contributed by atoms with Crippen LogP contribution in [0.25, 0.3) is 0 Å². The van der Waals surface area contributed by atoms with Crippen LogP contribution >= 0.6 is 11.8 Å². The second-order valence-electron chi connectivity index (χ2n) is 4.53. The SMILES string of the molecule is CN(C)C1=N[C@@H]2[C@@H](ON)[C@H](O)[C@@H](CCF)O[C@@H]2S1. The number of thioether (sulfide) groups is 1. The first kappa shape index (κ1) is 14.0. The molecule has 0 bridgehead atoms. The minimum absolute atomic E-state index is 0.127. The van der Waals surface area contributed by atoms with E-state index in [9.17, 15) is 9.50 Å². The summed E-state index contributed by atoms with van der Waals surface area (Å²) in [5, 5.41) is 10.8. The quantitative estimate of drug-likeness (QED) is 0.692. The zero-order valence-electron chi connectivity index (χ0n) is 10.3. The number of hydrogen-bond acceptors (Lipinski definition) is 7. The first-order chi connectivity index (χ1) is 8.58. The van der Waals surface area contributed by atoms with E-state index in [1.54, 1.807) is 0 Å². The molecule has 0 radical (unpaired) electrons. The van der Waals surface area contributed by atoms with Gasteiger partial charge in [-0.05, 0) is 0 Å². The lowest BCUT2D eigenvalue weighted by atomic mass is 9.96. The third kappa shape index (κ3) is 2.48. The van der Waals surface area contributed by atoms with Gasteiger partial charge in [-0.2, -0.15) is 0 Å². The summed E-state index contributed by atoms with van der Waals surface area (Å²) in [5.41, 5.74) is -0.282. The second kappa shape index (κ2) is 5.70.